The molecule has 0 radical (unpaired) electrons. The fraction of sp³-hybridized carbons (Fsp3) is 0.400. The maximum Gasteiger partial charge on any atom is 0.151 e. The van der Waals surface area contributed by atoms with Gasteiger partial charge in [-0.25, -0.2) is 4.68 Å². The summed E-state index contributed by atoms with van der Waals surface area (Å²) in [5.41, 5.74) is 7.84. The monoisotopic (exact) mass is 256 g/mol. The second-order valence-corrected chi connectivity index (χ2v) is 5.04. The number of nitrogens with two attached hydrogens (primary N) is 1. The second-order valence-electron chi connectivity index (χ2n) is 5.04. The van der Waals surface area contributed by atoms with Crippen LogP contribution in [0.3, 0.4) is 0 Å². The molecule has 0 spiro atoms. The van der Waals surface area contributed by atoms with Crippen molar-refractivity contribution in [2.45, 2.75) is 25.8 Å². The fourth-order valence-electron chi connectivity index (χ4n) is 2.53. The topological polar surface area (TPSA) is 47.1 Å². The van der Waals surface area contributed by atoms with Gasteiger partial charge in [-0.2, -0.15) is 5.10 Å². The summed E-state index contributed by atoms with van der Waals surface area (Å²) in [7, 11) is 0. The van der Waals surface area contributed by atoms with Crippen molar-refractivity contribution in [3.8, 4) is 5.69 Å². The second kappa shape index (κ2) is 5.45. The van der Waals surface area contributed by atoms with Gasteiger partial charge in [-0.15, -0.1) is 0 Å². The summed E-state index contributed by atoms with van der Waals surface area (Å²) >= 11 is 0. The van der Waals surface area contributed by atoms with E-state index in [4.69, 9.17) is 5.73 Å². The number of piperidine rings is 1. The van der Waals surface area contributed by atoms with Gasteiger partial charge in [-0.05, 0) is 37.0 Å². The average Bonchev–Trinajstić information content (AvgIpc) is 2.98. The zero-order valence-corrected chi connectivity index (χ0v) is 11.1. The maximum absolute atomic E-state index is 5.61. The molecule has 1 fully saturated rings. The highest BCUT2D eigenvalue weighted by molar-refractivity contribution is 5.41. The molecule has 2 N–H and O–H groups in total. The van der Waals surface area contributed by atoms with Crippen molar-refractivity contribution < 1.29 is 0 Å². The molecule has 2 heterocycles. The Balaban J connectivity index is 1.79. The van der Waals surface area contributed by atoms with Gasteiger partial charge in [0.15, 0.2) is 5.82 Å². The molecule has 3 rings (SSSR count). The van der Waals surface area contributed by atoms with Crippen molar-refractivity contribution in [2.24, 2.45) is 5.73 Å². The van der Waals surface area contributed by atoms with Crippen LogP contribution in [0.2, 0.25) is 0 Å². The lowest BCUT2D eigenvalue weighted by molar-refractivity contribution is 0.571. The van der Waals surface area contributed by atoms with E-state index >= 15 is 0 Å². The molecule has 2 aromatic rings. The van der Waals surface area contributed by atoms with E-state index in [9.17, 15) is 0 Å². The van der Waals surface area contributed by atoms with Crippen LogP contribution in [-0.4, -0.2) is 22.9 Å². The van der Waals surface area contributed by atoms with Gasteiger partial charge < -0.3 is 10.6 Å². The van der Waals surface area contributed by atoms with Crippen LogP contribution in [-0.2, 0) is 6.54 Å². The third-order valence-electron chi connectivity index (χ3n) is 3.69. The number of nitrogens with zero attached hydrogens (tertiary/aromatic N) is 3. The Bertz CT molecular complexity index is 523. The molecule has 4 heteroatoms. The summed E-state index contributed by atoms with van der Waals surface area (Å²) in [5.74, 6) is 1.09. The summed E-state index contributed by atoms with van der Waals surface area (Å²) < 4.78 is 1.93. The molecule has 4 nitrogen and oxygen atoms in total. The fourth-order valence-corrected chi connectivity index (χ4v) is 2.53. The number of hydrogen-bond donors (Lipinski definition) is 1. The third-order valence-corrected chi connectivity index (χ3v) is 3.69. The van der Waals surface area contributed by atoms with Gasteiger partial charge >= 0.3 is 0 Å². The Kier molecular flexibility index (Phi) is 3.51. The Labute approximate surface area is 113 Å². The maximum atomic E-state index is 5.61. The third kappa shape index (κ3) is 2.63. The van der Waals surface area contributed by atoms with E-state index in [-0.39, 0.29) is 0 Å². The first-order valence-electron chi connectivity index (χ1n) is 6.97. The van der Waals surface area contributed by atoms with E-state index in [1.165, 1.54) is 19.3 Å². The van der Waals surface area contributed by atoms with Crippen molar-refractivity contribution in [1.82, 2.24) is 9.78 Å². The highest BCUT2D eigenvalue weighted by atomic mass is 15.3. The molecule has 1 aliphatic heterocycles. The smallest absolute Gasteiger partial charge is 0.151 e. The minimum absolute atomic E-state index is 0.582. The normalized spacial score (nSPS) is 15.7. The number of hydrogen-bond acceptors (Lipinski definition) is 3. The molecule has 1 aromatic carbocycles. The molecule has 0 aliphatic carbocycles. The Morgan fingerprint density at radius 2 is 1.74 bits per heavy atom. The van der Waals surface area contributed by atoms with Crippen LogP contribution in [0, 0.1) is 0 Å². The summed E-state index contributed by atoms with van der Waals surface area (Å²) in [6.07, 6.45) is 5.93. The standard InChI is InChI=1S/C15H20N4/c16-12-13-4-6-14(7-5-13)19-11-8-15(17-19)18-9-2-1-3-10-18/h4-8,11H,1-3,9-10,12,16H2. The van der Waals surface area contributed by atoms with Crippen LogP contribution in [0.1, 0.15) is 24.8 Å². The first-order valence-corrected chi connectivity index (χ1v) is 6.97. The quantitative estimate of drug-likeness (QED) is 0.916. The number of aromatic nitrogens is 2. The summed E-state index contributed by atoms with van der Waals surface area (Å²) in [4.78, 5) is 2.37. The van der Waals surface area contributed by atoms with E-state index in [0.717, 1.165) is 30.2 Å². The van der Waals surface area contributed by atoms with Crippen LogP contribution in [0.15, 0.2) is 36.5 Å². The van der Waals surface area contributed by atoms with Crippen molar-refractivity contribution in [2.75, 3.05) is 18.0 Å². The van der Waals surface area contributed by atoms with Gasteiger partial charge in [0, 0.05) is 31.9 Å². The van der Waals surface area contributed by atoms with Gasteiger partial charge in [-0.3, -0.25) is 0 Å². The molecule has 0 atom stereocenters. The van der Waals surface area contributed by atoms with E-state index in [2.05, 4.69) is 40.3 Å². The summed E-state index contributed by atoms with van der Waals surface area (Å²) in [6.45, 7) is 2.84. The molecule has 1 aromatic heterocycles. The molecule has 0 bridgehead atoms. The number of anilines is 1. The summed E-state index contributed by atoms with van der Waals surface area (Å²) in [6, 6.07) is 10.3. The zero-order chi connectivity index (χ0) is 13.1. The summed E-state index contributed by atoms with van der Waals surface area (Å²) in [5, 5.41) is 4.67. The predicted molar refractivity (Wildman–Crippen MR) is 77.5 cm³/mol. The van der Waals surface area contributed by atoms with E-state index < -0.39 is 0 Å². The molecular weight excluding hydrogens is 236 g/mol. The molecule has 1 aliphatic rings. The van der Waals surface area contributed by atoms with Crippen molar-refractivity contribution in [3.05, 3.63) is 42.1 Å². The van der Waals surface area contributed by atoms with Gasteiger partial charge in [0.2, 0.25) is 0 Å². The van der Waals surface area contributed by atoms with Crippen molar-refractivity contribution in [1.29, 1.82) is 0 Å². The highest BCUT2D eigenvalue weighted by Crippen LogP contribution is 2.19. The van der Waals surface area contributed by atoms with Crippen LogP contribution in [0.4, 0.5) is 5.82 Å². The van der Waals surface area contributed by atoms with Gasteiger partial charge in [0.05, 0.1) is 5.69 Å². The molecule has 0 unspecified atom stereocenters. The SMILES string of the molecule is NCc1ccc(-n2ccc(N3CCCCC3)n2)cc1. The molecule has 1 saturated heterocycles. The molecular formula is C15H20N4. The van der Waals surface area contributed by atoms with Gasteiger partial charge in [0.25, 0.3) is 0 Å². The van der Waals surface area contributed by atoms with E-state index in [1.807, 2.05) is 10.9 Å². The van der Waals surface area contributed by atoms with E-state index in [0.29, 0.717) is 6.54 Å². The van der Waals surface area contributed by atoms with Gasteiger partial charge in [0.1, 0.15) is 0 Å². The number of benzene rings is 1. The first-order chi connectivity index (χ1) is 9.36. The highest BCUT2D eigenvalue weighted by Gasteiger charge is 2.13. The lowest BCUT2D eigenvalue weighted by Crippen LogP contribution is -2.29. The lowest BCUT2D eigenvalue weighted by atomic mass is 10.1. The molecule has 0 amide bonds. The first kappa shape index (κ1) is 12.2. The Morgan fingerprint density at radius 3 is 2.42 bits per heavy atom. The largest absolute Gasteiger partial charge is 0.355 e. The van der Waals surface area contributed by atoms with Crippen LogP contribution in [0.5, 0.6) is 0 Å². The Morgan fingerprint density at radius 1 is 1.00 bits per heavy atom. The molecule has 19 heavy (non-hydrogen) atoms. The number of rotatable bonds is 3. The van der Waals surface area contributed by atoms with Crippen molar-refractivity contribution >= 4 is 5.82 Å². The average molecular weight is 256 g/mol. The van der Waals surface area contributed by atoms with E-state index in [1.54, 1.807) is 0 Å². The minimum Gasteiger partial charge on any atom is -0.355 e. The van der Waals surface area contributed by atoms with Crippen LogP contribution in [0.25, 0.3) is 5.69 Å². The molecule has 0 saturated carbocycles. The zero-order valence-electron chi connectivity index (χ0n) is 11.1. The Hall–Kier alpha value is -1.81. The lowest BCUT2D eigenvalue weighted by Gasteiger charge is -2.26. The van der Waals surface area contributed by atoms with Crippen LogP contribution < -0.4 is 10.6 Å². The molecule has 100 valence electrons. The predicted octanol–water partition coefficient (Wildman–Crippen LogP) is 2.32. The minimum atomic E-state index is 0.582. The van der Waals surface area contributed by atoms with Crippen LogP contribution >= 0.6 is 0 Å². The van der Waals surface area contributed by atoms with Gasteiger partial charge in [-0.1, -0.05) is 12.1 Å². The van der Waals surface area contributed by atoms with Crippen molar-refractivity contribution in [3.63, 3.8) is 0 Å².